The van der Waals surface area contributed by atoms with Gasteiger partial charge >= 0.3 is 503 Å². The van der Waals surface area contributed by atoms with Gasteiger partial charge in [-0.15, -0.1) is 0 Å². The molecule has 0 aliphatic carbocycles. The molecule has 0 aliphatic rings. The van der Waals surface area contributed by atoms with Crippen molar-refractivity contribution in [3.8, 4) is 0 Å². The average Bonchev–Trinajstić information content (AvgIpc) is 2.63. The van der Waals surface area contributed by atoms with Crippen molar-refractivity contribution in [2.75, 3.05) is 0 Å². The van der Waals surface area contributed by atoms with Crippen LogP contribution in [0.4, 0.5) is 0 Å². The topological polar surface area (TPSA) is 0 Å². The van der Waals surface area contributed by atoms with Crippen LogP contribution in [0.2, 0.25) is 0 Å². The van der Waals surface area contributed by atoms with Crippen molar-refractivity contribution >= 4 is 2340 Å². The molecule has 0 fully saturated rings. The van der Waals surface area contributed by atoms with Crippen molar-refractivity contribution in [3.05, 3.63) is 0 Å². The van der Waals surface area contributed by atoms with Crippen LogP contribution in [0.3, 0.4) is 0 Å². The van der Waals surface area contributed by atoms with Crippen LogP contribution < -0.4 is 0 Å². The van der Waals surface area contributed by atoms with E-state index in [1.165, 1.54) is 235 Å². The van der Waals surface area contributed by atoms with Gasteiger partial charge in [-0.25, -0.2) is 0 Å². The average molecular weight is 8500 g/mol. The van der Waals surface area contributed by atoms with Gasteiger partial charge in [-0.2, -0.15) is 0 Å². The monoisotopic (exact) mass is 8480 g/mol. The standard InChI is InChI=1S/8Mn.36Sb.42Sr. The van der Waals surface area contributed by atoms with Crippen LogP contribution in [0.15, 0.2) is 0 Å². The second kappa shape index (κ2) is 553. The molecule has 0 aromatic carbocycles. The molecule has 0 saturated heterocycles. The Morgan fingerprint density at radius 1 is 0.105 bits per heavy atom. The van der Waals surface area contributed by atoms with E-state index in [0.717, 1.165) is 0 Å². The van der Waals surface area contributed by atoms with Crippen LogP contribution in [0.25, 0.3) is 0 Å². The summed E-state index contributed by atoms with van der Waals surface area (Å²) < 4.78 is 0. The van der Waals surface area contributed by atoms with Crippen LogP contribution in [-0.2, 0) is 137 Å². The van der Waals surface area contributed by atoms with E-state index < -0.39 is 0 Å². The summed E-state index contributed by atoms with van der Waals surface area (Å²) in [7, 11) is 0. The van der Waals surface area contributed by atoms with Gasteiger partial charge in [-0.05, 0) is 0 Å². The molecular weight excluding hydrogens is 8500 g/mol. The van der Waals surface area contributed by atoms with E-state index in [1.54, 1.807) is 176 Å². The van der Waals surface area contributed by atoms with Gasteiger partial charge in [-0.1, -0.05) is 0 Å². The Hall–Kier alpha value is 95.8. The van der Waals surface area contributed by atoms with Crippen LogP contribution >= 0.6 is 0 Å². The van der Waals surface area contributed by atoms with Crippen LogP contribution in [0, 0.1) is 0 Å². The number of hydrogen-bond donors (Lipinski definition) is 0. The molecule has 0 N–H and O–H groups in total. The third kappa shape index (κ3) is 577. The first-order chi connectivity index (χ1) is 10.2. The van der Waals surface area contributed by atoms with Crippen molar-refractivity contribution in [2.24, 2.45) is 0 Å². The molecule has 0 saturated carbocycles. The predicted molar refractivity (Wildman–Crippen MR) is 449 cm³/mol. The molecule has 0 aliphatic heterocycles. The van der Waals surface area contributed by atoms with Crippen molar-refractivity contribution < 1.29 is 137 Å². The second-order valence-corrected chi connectivity index (χ2v) is 512. The fraction of sp³-hybridized carbons (Fsp3) is 0. The molecular formula is Mn8Sb36Sr42. The summed E-state index contributed by atoms with van der Waals surface area (Å²) in [5.74, 6) is 0. The molecule has 0 spiro atoms. The zero-order valence-corrected chi connectivity index (χ0v) is 296. The fourth-order valence-electron chi connectivity index (χ4n) is 0.177. The van der Waals surface area contributed by atoms with E-state index in [2.05, 4.69) is 0 Å². The summed E-state index contributed by atoms with van der Waals surface area (Å²) in [5.41, 5.74) is 0. The number of hydrogen-bond acceptors (Lipinski definition) is 0. The van der Waals surface area contributed by atoms with Crippen molar-refractivity contribution in [1.29, 1.82) is 0 Å². The maximum atomic E-state index is 1.60. The Morgan fingerprint density at radius 3 is 0.140 bits per heavy atom. The van der Waals surface area contributed by atoms with Crippen molar-refractivity contribution in [3.63, 3.8) is 0 Å². The summed E-state index contributed by atoms with van der Waals surface area (Å²) in [6, 6.07) is 0. The zero-order chi connectivity index (χ0) is 18.9. The molecule has 0 bridgehead atoms. The summed E-state index contributed by atoms with van der Waals surface area (Å²) in [4.78, 5) is 0. The summed E-state index contributed by atoms with van der Waals surface area (Å²) in [5, 5.41) is 0. The Labute approximate surface area is 2350 Å². The SMILES string of the molecule is [Mn].[Mn].[Mn].[Mn].[Mn].[Mn].[Mn].[Mn].[Sb].[Sb].[Sb].[Sb].[Sb].[Sb].[Sb].[Sb].[Sb].[Sb].[Sb].[Sb].[Sb].[Sb].[Sb].[Sb].[Sb].[Sb].[Sb].[Sb].[Sb].[Sb].[Sb].[Sb].[Sb].[Sb].[Sb].[Sb].[Sb].[Sb].[Sb].[Sb].[Sb].[Sb].[Sb].[Sb].[Sr].[Sr].[Sr].[Sr].[Sr].[Sr].[Sr].[Sr].[Sr].[Sr].[Sr].[Sr].[Sr].[Sr].[Sr].[Sr].[Sr].[Sr].[Sr].[Sr].[Sr].[Sr][Sr].[Sr][Sr].[Sr][Sr].[Sr][Sr].[Sr][Sr][Sr][Sr].[Sr][Sr][Sr][Sr].[Sr][Sr][Sr][Sr][Sr]. The summed E-state index contributed by atoms with van der Waals surface area (Å²) in [6.45, 7) is 0. The zero-order valence-electron chi connectivity index (χ0n) is 48.8. The van der Waals surface area contributed by atoms with Gasteiger partial charge in [0.15, 0.2) is 0 Å². The van der Waals surface area contributed by atoms with Gasteiger partial charge in [0.05, 0.1) is 0 Å². The van der Waals surface area contributed by atoms with Gasteiger partial charge in [0.2, 0.25) is 0 Å². The fourth-order valence-corrected chi connectivity index (χ4v) is 1280. The van der Waals surface area contributed by atoms with Crippen LogP contribution in [0.1, 0.15) is 0 Å². The Bertz CT molecular complexity index is 145. The molecule has 0 atom stereocenters. The molecule has 0 unspecified atom stereocenters. The van der Waals surface area contributed by atoms with E-state index in [4.69, 9.17) is 0 Å². The van der Waals surface area contributed by atoms with E-state index in [9.17, 15) is 0 Å². The van der Waals surface area contributed by atoms with Gasteiger partial charge in [0.1, 0.15) is 0 Å². The Balaban J connectivity index is -0.000000000340. The molecule has 172 radical (unpaired) electrons. The first-order valence-electron chi connectivity index (χ1n) is 7.00. The van der Waals surface area contributed by atoms with Gasteiger partial charge < -0.3 is 0 Å². The van der Waals surface area contributed by atoms with Crippen LogP contribution in [0.5, 0.6) is 0 Å². The van der Waals surface area contributed by atoms with Crippen molar-refractivity contribution in [1.82, 2.24) is 0 Å². The molecule has 0 nitrogen and oxygen atoms in total. The van der Waals surface area contributed by atoms with Gasteiger partial charge in [-0.3, -0.25) is 0 Å². The van der Waals surface area contributed by atoms with E-state index in [1.807, 2.05) is 0 Å². The van der Waals surface area contributed by atoms with Gasteiger partial charge in [0.25, 0.3) is 0 Å². The molecule has 320 valence electrons. The second-order valence-electron chi connectivity index (χ2n) is 2.47. The molecule has 86 heavy (non-hydrogen) atoms. The Kier molecular flexibility index (Phi) is 3170. The van der Waals surface area contributed by atoms with Gasteiger partial charge in [0, 0.05) is 1970 Å². The first-order valence-corrected chi connectivity index (χ1v) is 245. The predicted octanol–water partition coefficient (Wildman–Crippen LogP) is -29.7. The summed E-state index contributed by atoms with van der Waals surface area (Å²) >= 11 is 23.1. The molecule has 0 amide bonds. The van der Waals surface area contributed by atoms with E-state index in [-0.39, 0.29) is 1970 Å². The molecule has 0 aromatic rings. The maximum absolute atomic E-state index is 1.60. The third-order valence-corrected chi connectivity index (χ3v) is 1230. The van der Waals surface area contributed by atoms with E-state index >= 15 is 0 Å². The van der Waals surface area contributed by atoms with Crippen molar-refractivity contribution in [2.45, 2.75) is 0 Å². The molecule has 0 heterocycles. The Morgan fingerprint density at radius 2 is 0.140 bits per heavy atom. The molecule has 0 aromatic heterocycles. The molecule has 86 heteroatoms. The summed E-state index contributed by atoms with van der Waals surface area (Å²) in [6.07, 6.45) is 0. The van der Waals surface area contributed by atoms with E-state index in [0.29, 0.717) is 92.1 Å². The quantitative estimate of drug-likeness (QED) is 0.246. The third-order valence-electron chi connectivity index (χ3n) is 1.000. The number of rotatable bonds is 4. The minimum absolute atomic E-state index is 0. The van der Waals surface area contributed by atoms with Crippen LogP contribution in [-0.4, -0.2) is 2340 Å². The normalized spacial score (nSPS) is 0.488. The first kappa shape index (κ1) is 493. The minimum atomic E-state index is 0. The molecule has 0 rings (SSSR count).